The summed E-state index contributed by atoms with van der Waals surface area (Å²) in [6.45, 7) is 2.91. The van der Waals surface area contributed by atoms with Gasteiger partial charge in [0.25, 0.3) is 0 Å². The summed E-state index contributed by atoms with van der Waals surface area (Å²) in [6, 6.07) is 8.03. The van der Waals surface area contributed by atoms with Crippen LogP contribution in [0.4, 0.5) is 0 Å². The standard InChI is InChI=1S/C17H26N2O3/c20-14-18-9-5-11-22-16-7-4-6-15(12-16)13-19-10-3-1-2-8-17(19)21/h4,6-7,12,14,17,21H,1-3,5,8-11,13H2,(H,18,20). The van der Waals surface area contributed by atoms with Crippen molar-refractivity contribution in [2.24, 2.45) is 0 Å². The number of carbonyl (C=O) groups is 1. The van der Waals surface area contributed by atoms with E-state index in [0.717, 1.165) is 50.1 Å². The lowest BCUT2D eigenvalue weighted by atomic mass is 10.2. The molecule has 0 saturated carbocycles. The van der Waals surface area contributed by atoms with Crippen molar-refractivity contribution < 1.29 is 14.6 Å². The highest BCUT2D eigenvalue weighted by molar-refractivity contribution is 5.45. The molecule has 1 saturated heterocycles. The van der Waals surface area contributed by atoms with Crippen LogP contribution in [0.1, 0.15) is 37.7 Å². The minimum atomic E-state index is -0.332. The summed E-state index contributed by atoms with van der Waals surface area (Å²) in [5.41, 5.74) is 1.16. The smallest absolute Gasteiger partial charge is 0.207 e. The molecule has 0 aromatic heterocycles. The van der Waals surface area contributed by atoms with Crippen LogP contribution in [0.15, 0.2) is 24.3 Å². The van der Waals surface area contributed by atoms with Gasteiger partial charge in [-0.15, -0.1) is 0 Å². The topological polar surface area (TPSA) is 61.8 Å². The van der Waals surface area contributed by atoms with Gasteiger partial charge in [0.05, 0.1) is 6.61 Å². The third kappa shape index (κ3) is 5.66. The number of hydrogen-bond acceptors (Lipinski definition) is 4. The number of hydrogen-bond donors (Lipinski definition) is 2. The Hall–Kier alpha value is -1.59. The fourth-order valence-electron chi connectivity index (χ4n) is 2.73. The molecule has 1 fully saturated rings. The molecule has 0 spiro atoms. The molecule has 2 N–H and O–H groups in total. The molecule has 1 aliphatic heterocycles. The number of rotatable bonds is 8. The van der Waals surface area contributed by atoms with E-state index in [2.05, 4.69) is 16.3 Å². The van der Waals surface area contributed by atoms with Gasteiger partial charge in [-0.1, -0.05) is 18.6 Å². The third-order valence-electron chi connectivity index (χ3n) is 3.93. The minimum absolute atomic E-state index is 0.332. The van der Waals surface area contributed by atoms with Crippen molar-refractivity contribution in [2.75, 3.05) is 19.7 Å². The molecular weight excluding hydrogens is 280 g/mol. The van der Waals surface area contributed by atoms with Gasteiger partial charge in [-0.25, -0.2) is 0 Å². The van der Waals surface area contributed by atoms with Crippen LogP contribution in [0.5, 0.6) is 5.75 Å². The van der Waals surface area contributed by atoms with Crippen LogP contribution in [0.25, 0.3) is 0 Å². The van der Waals surface area contributed by atoms with Crippen LogP contribution in [0.2, 0.25) is 0 Å². The Morgan fingerprint density at radius 3 is 3.14 bits per heavy atom. The first-order valence-corrected chi connectivity index (χ1v) is 8.10. The summed E-state index contributed by atoms with van der Waals surface area (Å²) in [7, 11) is 0. The molecule has 1 unspecified atom stereocenters. The quantitative estimate of drug-likeness (QED) is 0.569. The van der Waals surface area contributed by atoms with Crippen LogP contribution in [-0.2, 0) is 11.3 Å². The number of carbonyl (C=O) groups excluding carboxylic acids is 1. The minimum Gasteiger partial charge on any atom is -0.494 e. The number of ether oxygens (including phenoxy) is 1. The first kappa shape index (κ1) is 16.8. The molecule has 1 aromatic carbocycles. The average molecular weight is 306 g/mol. The first-order valence-electron chi connectivity index (χ1n) is 8.10. The van der Waals surface area contributed by atoms with Gasteiger partial charge in [0.15, 0.2) is 0 Å². The maximum absolute atomic E-state index is 10.2. The molecule has 5 heteroatoms. The zero-order valence-electron chi connectivity index (χ0n) is 13.0. The molecule has 2 rings (SSSR count). The lowest BCUT2D eigenvalue weighted by Gasteiger charge is -2.25. The zero-order valence-corrected chi connectivity index (χ0v) is 13.0. The normalized spacial score (nSPS) is 19.4. The van der Waals surface area contributed by atoms with E-state index in [0.29, 0.717) is 19.6 Å². The van der Waals surface area contributed by atoms with Gasteiger partial charge in [-0.05, 0) is 43.4 Å². The monoisotopic (exact) mass is 306 g/mol. The van der Waals surface area contributed by atoms with Crippen molar-refractivity contribution in [3.63, 3.8) is 0 Å². The lowest BCUT2D eigenvalue weighted by molar-refractivity contribution is -0.109. The average Bonchev–Trinajstić information content (AvgIpc) is 2.73. The van der Waals surface area contributed by atoms with E-state index >= 15 is 0 Å². The predicted molar refractivity (Wildman–Crippen MR) is 85.5 cm³/mol. The van der Waals surface area contributed by atoms with Gasteiger partial charge in [0.1, 0.15) is 12.0 Å². The van der Waals surface area contributed by atoms with Crippen molar-refractivity contribution >= 4 is 6.41 Å². The molecular formula is C17H26N2O3. The van der Waals surface area contributed by atoms with Gasteiger partial charge in [-0.2, -0.15) is 0 Å². The molecule has 22 heavy (non-hydrogen) atoms. The van der Waals surface area contributed by atoms with E-state index in [4.69, 9.17) is 4.74 Å². The molecule has 0 bridgehead atoms. The Balaban J connectivity index is 1.83. The summed E-state index contributed by atoms with van der Waals surface area (Å²) in [6.07, 6.45) is 5.47. The number of aliphatic hydroxyl groups is 1. The van der Waals surface area contributed by atoms with Gasteiger partial charge < -0.3 is 15.2 Å². The van der Waals surface area contributed by atoms with Crippen molar-refractivity contribution in [2.45, 2.75) is 44.9 Å². The van der Waals surface area contributed by atoms with Crippen molar-refractivity contribution in [3.05, 3.63) is 29.8 Å². The van der Waals surface area contributed by atoms with Crippen LogP contribution in [-0.4, -0.2) is 42.3 Å². The third-order valence-corrected chi connectivity index (χ3v) is 3.93. The first-order chi connectivity index (χ1) is 10.8. The van der Waals surface area contributed by atoms with Crippen molar-refractivity contribution in [3.8, 4) is 5.75 Å². The van der Waals surface area contributed by atoms with E-state index in [9.17, 15) is 9.90 Å². The Morgan fingerprint density at radius 1 is 1.36 bits per heavy atom. The molecule has 5 nitrogen and oxygen atoms in total. The highest BCUT2D eigenvalue weighted by Gasteiger charge is 2.18. The van der Waals surface area contributed by atoms with E-state index in [1.54, 1.807) is 0 Å². The largest absolute Gasteiger partial charge is 0.494 e. The molecule has 1 heterocycles. The Labute approximate surface area is 132 Å². The van der Waals surface area contributed by atoms with E-state index in [1.807, 2.05) is 18.2 Å². The second-order valence-electron chi connectivity index (χ2n) is 5.72. The van der Waals surface area contributed by atoms with E-state index < -0.39 is 0 Å². The number of aliphatic hydroxyl groups excluding tert-OH is 1. The maximum atomic E-state index is 10.2. The number of likely N-dealkylation sites (tertiary alicyclic amines) is 1. The summed E-state index contributed by atoms with van der Waals surface area (Å²) < 4.78 is 5.70. The van der Waals surface area contributed by atoms with Gasteiger partial charge in [0.2, 0.25) is 6.41 Å². The van der Waals surface area contributed by atoms with Crippen LogP contribution in [0, 0.1) is 0 Å². The molecule has 1 aliphatic rings. The fourth-order valence-corrected chi connectivity index (χ4v) is 2.73. The Morgan fingerprint density at radius 2 is 2.27 bits per heavy atom. The molecule has 1 aromatic rings. The molecule has 0 aliphatic carbocycles. The molecule has 122 valence electrons. The number of nitrogens with zero attached hydrogens (tertiary/aromatic N) is 1. The second-order valence-corrected chi connectivity index (χ2v) is 5.72. The van der Waals surface area contributed by atoms with Gasteiger partial charge in [-0.3, -0.25) is 9.69 Å². The number of amides is 1. The Kier molecular flexibility index (Phi) is 7.19. The van der Waals surface area contributed by atoms with Crippen LogP contribution >= 0.6 is 0 Å². The van der Waals surface area contributed by atoms with Crippen LogP contribution < -0.4 is 10.1 Å². The van der Waals surface area contributed by atoms with E-state index in [-0.39, 0.29) is 6.23 Å². The highest BCUT2D eigenvalue weighted by atomic mass is 16.5. The van der Waals surface area contributed by atoms with Crippen molar-refractivity contribution in [1.82, 2.24) is 10.2 Å². The van der Waals surface area contributed by atoms with Crippen LogP contribution in [0.3, 0.4) is 0 Å². The molecule has 0 radical (unpaired) electrons. The predicted octanol–water partition coefficient (Wildman–Crippen LogP) is 1.90. The number of benzene rings is 1. The lowest BCUT2D eigenvalue weighted by Crippen LogP contribution is -2.33. The highest BCUT2D eigenvalue weighted by Crippen LogP contribution is 2.20. The summed E-state index contributed by atoms with van der Waals surface area (Å²) in [5, 5.41) is 12.8. The molecule has 1 amide bonds. The number of nitrogens with one attached hydrogen (secondary N) is 1. The SMILES string of the molecule is O=CNCCCOc1cccc(CN2CCCCCC2O)c1. The second kappa shape index (κ2) is 9.43. The van der Waals surface area contributed by atoms with E-state index in [1.165, 1.54) is 6.42 Å². The van der Waals surface area contributed by atoms with Gasteiger partial charge in [0, 0.05) is 19.6 Å². The summed E-state index contributed by atoms with van der Waals surface area (Å²) >= 11 is 0. The van der Waals surface area contributed by atoms with Gasteiger partial charge >= 0.3 is 0 Å². The summed E-state index contributed by atoms with van der Waals surface area (Å²) in [5.74, 6) is 0.841. The maximum Gasteiger partial charge on any atom is 0.207 e. The fraction of sp³-hybridized carbons (Fsp3) is 0.588. The summed E-state index contributed by atoms with van der Waals surface area (Å²) in [4.78, 5) is 12.3. The van der Waals surface area contributed by atoms with Crippen molar-refractivity contribution in [1.29, 1.82) is 0 Å². The molecule has 1 atom stereocenters. The zero-order chi connectivity index (χ0) is 15.6. The Bertz CT molecular complexity index is 453.